The molecule has 2 aromatic carbocycles. The smallest absolute Gasteiger partial charge is 0.229 e. The van der Waals surface area contributed by atoms with Crippen LogP contribution in [-0.2, 0) is 0 Å². The van der Waals surface area contributed by atoms with Crippen LogP contribution in [0.3, 0.4) is 0 Å². The summed E-state index contributed by atoms with van der Waals surface area (Å²) < 4.78 is 24.1. The van der Waals surface area contributed by atoms with E-state index >= 15 is 0 Å². The maximum Gasteiger partial charge on any atom is 0.229 e. The number of fused-ring (bicyclic) bond motifs is 1. The number of nitrogens with two attached hydrogens (primary N) is 1. The molecule has 0 bridgehead atoms. The standard InChI is InChI=1S/C14H10ClFN2O2/c1-19-7-2-3-11(17)8(4-7)14-18-12-5-9(15)10(16)6-13(12)20-14/h2-6H,17H2,1H3. The second-order valence-corrected chi connectivity index (χ2v) is 4.61. The van der Waals surface area contributed by atoms with E-state index in [0.29, 0.717) is 28.1 Å². The number of benzene rings is 2. The number of anilines is 1. The molecule has 6 heteroatoms. The van der Waals surface area contributed by atoms with E-state index in [1.54, 1.807) is 25.3 Å². The van der Waals surface area contributed by atoms with Gasteiger partial charge in [0.2, 0.25) is 5.89 Å². The summed E-state index contributed by atoms with van der Waals surface area (Å²) in [5.74, 6) is 0.360. The van der Waals surface area contributed by atoms with Crippen molar-refractivity contribution in [1.29, 1.82) is 0 Å². The molecular formula is C14H10ClFN2O2. The molecule has 0 saturated heterocycles. The molecule has 0 aliphatic rings. The maximum atomic E-state index is 13.4. The van der Waals surface area contributed by atoms with Crippen molar-refractivity contribution in [3.05, 3.63) is 41.2 Å². The zero-order valence-corrected chi connectivity index (χ0v) is 11.2. The molecule has 1 heterocycles. The number of methoxy groups -OCH3 is 1. The van der Waals surface area contributed by atoms with E-state index in [0.717, 1.165) is 0 Å². The molecule has 0 aliphatic heterocycles. The minimum Gasteiger partial charge on any atom is -0.497 e. The Balaban J connectivity index is 2.19. The number of halogens is 2. The number of nitrogens with zero attached hydrogens (tertiary/aromatic N) is 1. The zero-order chi connectivity index (χ0) is 14.3. The van der Waals surface area contributed by atoms with E-state index in [1.807, 2.05) is 0 Å². The second kappa shape index (κ2) is 4.68. The minimum atomic E-state index is -0.555. The van der Waals surface area contributed by atoms with Crippen molar-refractivity contribution in [2.24, 2.45) is 0 Å². The van der Waals surface area contributed by atoms with Gasteiger partial charge < -0.3 is 14.9 Å². The van der Waals surface area contributed by atoms with E-state index in [4.69, 9.17) is 26.5 Å². The van der Waals surface area contributed by atoms with Gasteiger partial charge in [-0.15, -0.1) is 0 Å². The molecule has 20 heavy (non-hydrogen) atoms. The molecule has 0 spiro atoms. The lowest BCUT2D eigenvalue weighted by Gasteiger charge is -2.04. The largest absolute Gasteiger partial charge is 0.497 e. The van der Waals surface area contributed by atoms with Crippen LogP contribution in [0.1, 0.15) is 0 Å². The predicted molar refractivity (Wildman–Crippen MR) is 75.4 cm³/mol. The summed E-state index contributed by atoms with van der Waals surface area (Å²) in [5, 5.41) is -0.00374. The van der Waals surface area contributed by atoms with E-state index in [-0.39, 0.29) is 10.9 Å². The van der Waals surface area contributed by atoms with Crippen LogP contribution in [0.25, 0.3) is 22.6 Å². The van der Waals surface area contributed by atoms with Crippen molar-refractivity contribution in [3.8, 4) is 17.2 Å². The first kappa shape index (κ1) is 12.7. The summed E-state index contributed by atoms with van der Waals surface area (Å²) in [6, 6.07) is 7.74. The highest BCUT2D eigenvalue weighted by Gasteiger charge is 2.14. The van der Waals surface area contributed by atoms with E-state index in [2.05, 4.69) is 4.98 Å². The first-order valence-corrected chi connectivity index (χ1v) is 6.16. The number of hydrogen-bond acceptors (Lipinski definition) is 4. The zero-order valence-electron chi connectivity index (χ0n) is 10.5. The average Bonchev–Trinajstić information content (AvgIpc) is 2.82. The van der Waals surface area contributed by atoms with Crippen molar-refractivity contribution >= 4 is 28.4 Å². The van der Waals surface area contributed by atoms with Crippen molar-refractivity contribution in [3.63, 3.8) is 0 Å². The van der Waals surface area contributed by atoms with Crippen molar-refractivity contribution in [2.75, 3.05) is 12.8 Å². The minimum absolute atomic E-state index is 0.00374. The number of oxazole rings is 1. The van der Waals surface area contributed by atoms with Crippen LogP contribution in [-0.4, -0.2) is 12.1 Å². The van der Waals surface area contributed by atoms with Gasteiger partial charge in [-0.1, -0.05) is 11.6 Å². The molecular weight excluding hydrogens is 283 g/mol. The quantitative estimate of drug-likeness (QED) is 0.728. The molecule has 102 valence electrons. The molecule has 3 rings (SSSR count). The third kappa shape index (κ3) is 2.06. The second-order valence-electron chi connectivity index (χ2n) is 4.21. The molecule has 0 atom stereocenters. The SMILES string of the molecule is COc1ccc(N)c(-c2nc3cc(Cl)c(F)cc3o2)c1. The number of ether oxygens (including phenoxy) is 1. The van der Waals surface area contributed by atoms with Crippen molar-refractivity contribution in [1.82, 2.24) is 4.98 Å². The number of aromatic nitrogens is 1. The lowest BCUT2D eigenvalue weighted by atomic mass is 10.1. The molecule has 0 fully saturated rings. The van der Waals surface area contributed by atoms with E-state index < -0.39 is 5.82 Å². The normalized spacial score (nSPS) is 10.9. The van der Waals surface area contributed by atoms with Gasteiger partial charge in [-0.05, 0) is 24.3 Å². The molecule has 0 aliphatic carbocycles. The van der Waals surface area contributed by atoms with Crippen LogP contribution in [0.2, 0.25) is 5.02 Å². The summed E-state index contributed by atoms with van der Waals surface area (Å²) in [4.78, 5) is 4.27. The third-order valence-corrected chi connectivity index (χ3v) is 3.21. The van der Waals surface area contributed by atoms with Gasteiger partial charge in [-0.3, -0.25) is 0 Å². The molecule has 0 amide bonds. The van der Waals surface area contributed by atoms with Crippen LogP contribution in [0, 0.1) is 5.82 Å². The van der Waals surface area contributed by atoms with Gasteiger partial charge >= 0.3 is 0 Å². The highest BCUT2D eigenvalue weighted by Crippen LogP contribution is 2.32. The van der Waals surface area contributed by atoms with Crippen molar-refractivity contribution < 1.29 is 13.5 Å². The fourth-order valence-corrected chi connectivity index (χ4v) is 2.04. The van der Waals surface area contributed by atoms with Gasteiger partial charge in [-0.2, -0.15) is 0 Å². The van der Waals surface area contributed by atoms with Crippen LogP contribution < -0.4 is 10.5 Å². The monoisotopic (exact) mass is 292 g/mol. The van der Waals surface area contributed by atoms with Gasteiger partial charge in [0.15, 0.2) is 5.58 Å². The topological polar surface area (TPSA) is 61.3 Å². The summed E-state index contributed by atoms with van der Waals surface area (Å²) >= 11 is 5.72. The Hall–Kier alpha value is -2.27. The average molecular weight is 293 g/mol. The number of hydrogen-bond donors (Lipinski definition) is 1. The Kier molecular flexibility index (Phi) is 2.99. The first-order valence-electron chi connectivity index (χ1n) is 5.78. The maximum absolute atomic E-state index is 13.4. The van der Waals surface area contributed by atoms with Gasteiger partial charge in [0.1, 0.15) is 17.1 Å². The fourth-order valence-electron chi connectivity index (χ4n) is 1.89. The van der Waals surface area contributed by atoms with Gasteiger partial charge in [0.25, 0.3) is 0 Å². The van der Waals surface area contributed by atoms with Crippen molar-refractivity contribution in [2.45, 2.75) is 0 Å². The van der Waals surface area contributed by atoms with E-state index in [1.165, 1.54) is 12.1 Å². The lowest BCUT2D eigenvalue weighted by molar-refractivity contribution is 0.415. The molecule has 2 N–H and O–H groups in total. The van der Waals surface area contributed by atoms with Gasteiger partial charge in [0.05, 0.1) is 17.7 Å². The third-order valence-electron chi connectivity index (χ3n) is 2.92. The fraction of sp³-hybridized carbons (Fsp3) is 0.0714. The first-order chi connectivity index (χ1) is 9.58. The Morgan fingerprint density at radius 2 is 2.10 bits per heavy atom. The summed E-state index contributed by atoms with van der Waals surface area (Å²) in [5.41, 5.74) is 7.75. The summed E-state index contributed by atoms with van der Waals surface area (Å²) in [6.45, 7) is 0. The Morgan fingerprint density at radius 1 is 1.30 bits per heavy atom. The Morgan fingerprint density at radius 3 is 2.85 bits per heavy atom. The number of nitrogen functional groups attached to an aromatic ring is 1. The molecule has 4 nitrogen and oxygen atoms in total. The highest BCUT2D eigenvalue weighted by molar-refractivity contribution is 6.31. The molecule has 0 unspecified atom stereocenters. The van der Waals surface area contributed by atoms with Crippen LogP contribution >= 0.6 is 11.6 Å². The molecule has 0 radical (unpaired) electrons. The van der Waals surface area contributed by atoms with Crippen LogP contribution in [0.5, 0.6) is 5.75 Å². The Labute approximate surface area is 118 Å². The Bertz CT molecular complexity index is 762. The van der Waals surface area contributed by atoms with E-state index in [9.17, 15) is 4.39 Å². The molecule has 1 aromatic heterocycles. The number of rotatable bonds is 2. The highest BCUT2D eigenvalue weighted by atomic mass is 35.5. The molecule has 0 saturated carbocycles. The summed E-state index contributed by atoms with van der Waals surface area (Å²) in [6.07, 6.45) is 0. The summed E-state index contributed by atoms with van der Waals surface area (Å²) in [7, 11) is 1.55. The van der Waals surface area contributed by atoms with Crippen LogP contribution in [0.15, 0.2) is 34.7 Å². The lowest BCUT2D eigenvalue weighted by Crippen LogP contribution is -1.91. The predicted octanol–water partition coefficient (Wildman–Crippen LogP) is 3.88. The van der Waals surface area contributed by atoms with Gasteiger partial charge in [-0.25, -0.2) is 9.37 Å². The van der Waals surface area contributed by atoms with Gasteiger partial charge in [0, 0.05) is 11.8 Å². The molecule has 3 aromatic rings. The van der Waals surface area contributed by atoms with Crippen LogP contribution in [0.4, 0.5) is 10.1 Å².